The van der Waals surface area contributed by atoms with Crippen LogP contribution in [0.1, 0.15) is 34.8 Å². The Morgan fingerprint density at radius 3 is 2.24 bits per heavy atom. The molecule has 1 heterocycles. The molecule has 3 rings (SSSR count). The van der Waals surface area contributed by atoms with Gasteiger partial charge in [0.2, 0.25) is 11.8 Å². The fraction of sp³-hybridized carbons (Fsp3) is 0.238. The number of primary amides is 1. The van der Waals surface area contributed by atoms with Crippen molar-refractivity contribution in [2.45, 2.75) is 25.8 Å². The van der Waals surface area contributed by atoms with E-state index in [2.05, 4.69) is 10.6 Å². The second kappa shape index (κ2) is 7.75. The lowest BCUT2D eigenvalue weighted by molar-refractivity contribution is -0.134. The van der Waals surface area contributed by atoms with E-state index in [9.17, 15) is 19.2 Å². The molecule has 0 aromatic heterocycles. The topological polar surface area (TPSA) is 122 Å². The van der Waals surface area contributed by atoms with Crippen LogP contribution in [0.5, 0.6) is 0 Å². The molecule has 0 saturated carbocycles. The summed E-state index contributed by atoms with van der Waals surface area (Å²) in [6.07, 6.45) is 0.354. The maximum absolute atomic E-state index is 13.1. The van der Waals surface area contributed by atoms with E-state index < -0.39 is 35.8 Å². The second-order valence-electron chi connectivity index (χ2n) is 6.94. The zero-order valence-corrected chi connectivity index (χ0v) is 16.2. The Hall–Kier alpha value is -3.68. The zero-order chi connectivity index (χ0) is 21.2. The highest BCUT2D eigenvalue weighted by Gasteiger charge is 2.51. The highest BCUT2D eigenvalue weighted by Crippen LogP contribution is 2.32. The largest absolute Gasteiger partial charge is 0.366 e. The monoisotopic (exact) mass is 394 g/mol. The van der Waals surface area contributed by atoms with Gasteiger partial charge in [0, 0.05) is 11.3 Å². The standard InChI is InChI=1S/C21H22N4O4/c1-3-21(15-8-4-13(2)5-9-15)19(28)25(20(29)24-21)12-17(26)23-16-10-6-14(7-11-16)18(22)27/h4-11H,3,12H2,1-2H3,(H2,22,27)(H,23,26)(H,24,29). The summed E-state index contributed by atoms with van der Waals surface area (Å²) in [5, 5.41) is 5.35. The van der Waals surface area contributed by atoms with E-state index in [1.165, 1.54) is 24.3 Å². The molecule has 1 saturated heterocycles. The third-order valence-corrected chi connectivity index (χ3v) is 5.01. The molecule has 8 nitrogen and oxygen atoms in total. The minimum absolute atomic E-state index is 0.308. The molecule has 2 aromatic rings. The number of imide groups is 1. The van der Waals surface area contributed by atoms with E-state index in [0.29, 0.717) is 23.2 Å². The second-order valence-corrected chi connectivity index (χ2v) is 6.94. The summed E-state index contributed by atoms with van der Waals surface area (Å²) >= 11 is 0. The van der Waals surface area contributed by atoms with E-state index in [4.69, 9.17) is 5.73 Å². The van der Waals surface area contributed by atoms with Crippen molar-refractivity contribution in [1.29, 1.82) is 0 Å². The summed E-state index contributed by atoms with van der Waals surface area (Å²) < 4.78 is 0. The molecule has 8 heteroatoms. The number of carbonyl (C=O) groups excluding carboxylic acids is 4. The first-order valence-electron chi connectivity index (χ1n) is 9.18. The Kier molecular flexibility index (Phi) is 5.36. The van der Waals surface area contributed by atoms with E-state index in [1.54, 1.807) is 12.1 Å². The molecule has 1 atom stereocenters. The van der Waals surface area contributed by atoms with Crippen LogP contribution >= 0.6 is 0 Å². The van der Waals surface area contributed by atoms with Gasteiger partial charge in [0.05, 0.1) is 0 Å². The third-order valence-electron chi connectivity index (χ3n) is 5.01. The summed E-state index contributed by atoms with van der Waals surface area (Å²) in [5.74, 6) is -1.57. The van der Waals surface area contributed by atoms with Crippen LogP contribution in [0, 0.1) is 6.92 Å². The number of hydrogen-bond donors (Lipinski definition) is 3. The fourth-order valence-electron chi connectivity index (χ4n) is 3.31. The number of benzene rings is 2. The lowest BCUT2D eigenvalue weighted by Crippen LogP contribution is -2.44. The van der Waals surface area contributed by atoms with Gasteiger partial charge in [-0.2, -0.15) is 0 Å². The van der Waals surface area contributed by atoms with Crippen molar-refractivity contribution in [2.75, 3.05) is 11.9 Å². The minimum atomic E-state index is -1.19. The van der Waals surface area contributed by atoms with Gasteiger partial charge < -0.3 is 16.4 Å². The molecule has 1 aliphatic heterocycles. The zero-order valence-electron chi connectivity index (χ0n) is 16.2. The number of amides is 5. The molecule has 1 fully saturated rings. The van der Waals surface area contributed by atoms with Crippen LogP contribution in [0.25, 0.3) is 0 Å². The van der Waals surface area contributed by atoms with Crippen LogP contribution in [0.4, 0.5) is 10.5 Å². The Labute approximate surface area is 168 Å². The molecule has 0 radical (unpaired) electrons. The van der Waals surface area contributed by atoms with Crippen LogP contribution < -0.4 is 16.4 Å². The first-order chi connectivity index (χ1) is 13.8. The number of nitrogens with zero attached hydrogens (tertiary/aromatic N) is 1. The molecule has 2 aromatic carbocycles. The van der Waals surface area contributed by atoms with Gasteiger partial charge in [0.15, 0.2) is 0 Å². The summed E-state index contributed by atoms with van der Waals surface area (Å²) in [4.78, 5) is 49.9. The number of nitrogens with one attached hydrogen (secondary N) is 2. The SMILES string of the molecule is CCC1(c2ccc(C)cc2)NC(=O)N(CC(=O)Nc2ccc(C(N)=O)cc2)C1=O. The smallest absolute Gasteiger partial charge is 0.325 e. The quantitative estimate of drug-likeness (QED) is 0.648. The molecule has 0 spiro atoms. The van der Waals surface area contributed by atoms with Crippen molar-refractivity contribution in [3.05, 3.63) is 65.2 Å². The molecule has 5 amide bonds. The Morgan fingerprint density at radius 1 is 1.07 bits per heavy atom. The van der Waals surface area contributed by atoms with Crippen molar-refractivity contribution in [3.8, 4) is 0 Å². The number of rotatable bonds is 6. The van der Waals surface area contributed by atoms with Crippen molar-refractivity contribution < 1.29 is 19.2 Å². The summed E-state index contributed by atoms with van der Waals surface area (Å²) in [5.41, 5.74) is 6.44. The van der Waals surface area contributed by atoms with Gasteiger partial charge in [-0.05, 0) is 43.2 Å². The molecule has 1 unspecified atom stereocenters. The van der Waals surface area contributed by atoms with Gasteiger partial charge >= 0.3 is 6.03 Å². The highest BCUT2D eigenvalue weighted by molar-refractivity contribution is 6.10. The number of carbonyl (C=O) groups is 4. The van der Waals surface area contributed by atoms with E-state index in [-0.39, 0.29) is 0 Å². The molecule has 0 bridgehead atoms. The average molecular weight is 394 g/mol. The molecule has 1 aliphatic rings. The summed E-state index contributed by atoms with van der Waals surface area (Å²) in [6, 6.07) is 12.7. The van der Waals surface area contributed by atoms with Crippen molar-refractivity contribution in [2.24, 2.45) is 5.73 Å². The predicted octanol–water partition coefficient (Wildman–Crippen LogP) is 1.89. The average Bonchev–Trinajstić information content (AvgIpc) is 2.94. The minimum Gasteiger partial charge on any atom is -0.366 e. The highest BCUT2D eigenvalue weighted by atomic mass is 16.2. The van der Waals surface area contributed by atoms with Crippen molar-refractivity contribution in [1.82, 2.24) is 10.2 Å². The first kappa shape index (κ1) is 20.1. The van der Waals surface area contributed by atoms with Crippen molar-refractivity contribution in [3.63, 3.8) is 0 Å². The normalized spacial score (nSPS) is 18.5. The van der Waals surface area contributed by atoms with E-state index >= 15 is 0 Å². The first-order valence-corrected chi connectivity index (χ1v) is 9.18. The Balaban J connectivity index is 1.74. The molecule has 150 valence electrons. The Morgan fingerprint density at radius 2 is 1.69 bits per heavy atom. The maximum Gasteiger partial charge on any atom is 0.325 e. The fourth-order valence-corrected chi connectivity index (χ4v) is 3.31. The number of anilines is 1. The third kappa shape index (κ3) is 3.82. The summed E-state index contributed by atoms with van der Waals surface area (Å²) in [6.45, 7) is 3.32. The van der Waals surface area contributed by atoms with E-state index in [0.717, 1.165) is 10.5 Å². The van der Waals surface area contributed by atoms with Crippen LogP contribution in [0.3, 0.4) is 0 Å². The van der Waals surface area contributed by atoms with Crippen LogP contribution in [0.2, 0.25) is 0 Å². The Bertz CT molecular complexity index is 969. The molecular weight excluding hydrogens is 372 g/mol. The van der Waals surface area contributed by atoms with Gasteiger partial charge in [-0.15, -0.1) is 0 Å². The number of aryl methyl sites for hydroxylation is 1. The van der Waals surface area contributed by atoms with Crippen LogP contribution in [-0.2, 0) is 15.1 Å². The van der Waals surface area contributed by atoms with Crippen molar-refractivity contribution >= 4 is 29.4 Å². The molecule has 29 heavy (non-hydrogen) atoms. The van der Waals surface area contributed by atoms with Crippen LogP contribution in [0.15, 0.2) is 48.5 Å². The van der Waals surface area contributed by atoms with E-state index in [1.807, 2.05) is 26.0 Å². The lowest BCUT2D eigenvalue weighted by Gasteiger charge is -2.25. The van der Waals surface area contributed by atoms with Gasteiger partial charge in [-0.3, -0.25) is 19.3 Å². The summed E-state index contributed by atoms with van der Waals surface area (Å²) in [7, 11) is 0. The lowest BCUT2D eigenvalue weighted by atomic mass is 9.87. The van der Waals surface area contributed by atoms with Gasteiger partial charge in [0.1, 0.15) is 12.1 Å². The molecule has 4 N–H and O–H groups in total. The van der Waals surface area contributed by atoms with Crippen LogP contribution in [-0.4, -0.2) is 35.2 Å². The number of nitrogens with two attached hydrogens (primary N) is 1. The number of urea groups is 1. The maximum atomic E-state index is 13.1. The molecule has 0 aliphatic carbocycles. The molecular formula is C21H22N4O4. The predicted molar refractivity (Wildman–Crippen MR) is 107 cm³/mol. The van der Waals surface area contributed by atoms with Gasteiger partial charge in [0.25, 0.3) is 5.91 Å². The van der Waals surface area contributed by atoms with Gasteiger partial charge in [-0.1, -0.05) is 36.8 Å². The number of hydrogen-bond acceptors (Lipinski definition) is 4. The van der Waals surface area contributed by atoms with Gasteiger partial charge in [-0.25, -0.2) is 4.79 Å².